The minimum Gasteiger partial charge on any atom is -0.434 e. The van der Waals surface area contributed by atoms with Crippen LogP contribution in [0.3, 0.4) is 0 Å². The van der Waals surface area contributed by atoms with Crippen LogP contribution in [-0.4, -0.2) is 19.3 Å². The largest absolute Gasteiger partial charge is 0.454 e. The highest BCUT2D eigenvalue weighted by atomic mass is 19.3. The van der Waals surface area contributed by atoms with Crippen molar-refractivity contribution in [2.75, 3.05) is 0 Å². The average Bonchev–Trinajstić information content (AvgIpc) is 2.46. The fourth-order valence-corrected chi connectivity index (χ4v) is 2.55. The van der Waals surface area contributed by atoms with Crippen molar-refractivity contribution in [3.63, 3.8) is 0 Å². The molecular formula is C13H16BF3O3. The van der Waals surface area contributed by atoms with Gasteiger partial charge >= 0.3 is 13.7 Å². The highest BCUT2D eigenvalue weighted by Crippen LogP contribution is 2.48. The van der Waals surface area contributed by atoms with E-state index in [1.807, 2.05) is 0 Å². The van der Waals surface area contributed by atoms with Gasteiger partial charge in [-0.05, 0) is 39.7 Å². The number of alkyl halides is 2. The molecule has 20 heavy (non-hydrogen) atoms. The lowest BCUT2D eigenvalue weighted by Crippen LogP contribution is -2.43. The summed E-state index contributed by atoms with van der Waals surface area (Å²) in [4.78, 5) is 0. The average molecular weight is 288 g/mol. The fraction of sp³-hybridized carbons (Fsp3) is 0.538. The van der Waals surface area contributed by atoms with Crippen molar-refractivity contribution in [2.45, 2.75) is 45.4 Å². The molecule has 1 fully saturated rings. The van der Waals surface area contributed by atoms with E-state index in [2.05, 4.69) is 4.74 Å². The summed E-state index contributed by atoms with van der Waals surface area (Å²) in [7, 11) is -0.575. The van der Waals surface area contributed by atoms with E-state index in [1.54, 1.807) is 27.6 Å². The van der Waals surface area contributed by atoms with E-state index in [1.165, 1.54) is 18.2 Å². The molecule has 0 aliphatic carbocycles. The van der Waals surface area contributed by atoms with Crippen LogP contribution < -0.4 is 4.74 Å². The van der Waals surface area contributed by atoms with Crippen molar-refractivity contribution < 1.29 is 27.2 Å². The van der Waals surface area contributed by atoms with E-state index >= 15 is 0 Å². The molecule has 110 valence electrons. The zero-order valence-corrected chi connectivity index (χ0v) is 11.7. The minimum absolute atomic E-state index is 0.0605. The highest BCUT2D eigenvalue weighted by molar-refractivity contribution is 6.43. The third-order valence-corrected chi connectivity index (χ3v) is 3.68. The summed E-state index contributed by atoms with van der Waals surface area (Å²) in [6, 6.07) is 3.78. The quantitative estimate of drug-likeness (QED) is 0.795. The third kappa shape index (κ3) is 2.40. The van der Waals surface area contributed by atoms with Crippen molar-refractivity contribution in [3.05, 3.63) is 29.6 Å². The Labute approximate surface area is 116 Å². The van der Waals surface area contributed by atoms with Gasteiger partial charge in [0.2, 0.25) is 0 Å². The predicted molar refractivity (Wildman–Crippen MR) is 68.3 cm³/mol. The van der Waals surface area contributed by atoms with Crippen molar-refractivity contribution in [1.29, 1.82) is 0 Å². The summed E-state index contributed by atoms with van der Waals surface area (Å²) < 4.78 is 54.9. The normalized spacial score (nSPS) is 25.3. The van der Waals surface area contributed by atoms with Crippen LogP contribution in [0.1, 0.15) is 26.3 Å². The molecule has 0 N–H and O–H groups in total. The van der Waals surface area contributed by atoms with Crippen molar-refractivity contribution >= 4 is 7.12 Å². The molecule has 3 nitrogen and oxygen atoms in total. The molecule has 2 rings (SSSR count). The van der Waals surface area contributed by atoms with E-state index < -0.39 is 30.7 Å². The lowest BCUT2D eigenvalue weighted by Gasteiger charge is -2.37. The van der Waals surface area contributed by atoms with Gasteiger partial charge in [0, 0.05) is 0 Å². The monoisotopic (exact) mass is 288 g/mol. The SMILES string of the molecule is CB1OC(C)(C)C(C)(c2c(F)cccc2OC(F)F)O1. The van der Waals surface area contributed by atoms with E-state index in [4.69, 9.17) is 9.31 Å². The van der Waals surface area contributed by atoms with Gasteiger partial charge in [0.05, 0.1) is 11.2 Å². The van der Waals surface area contributed by atoms with Crippen LogP contribution in [0.4, 0.5) is 13.2 Å². The fourth-order valence-electron chi connectivity index (χ4n) is 2.55. The minimum atomic E-state index is -3.04. The smallest absolute Gasteiger partial charge is 0.434 e. The van der Waals surface area contributed by atoms with Crippen LogP contribution in [0, 0.1) is 5.82 Å². The molecule has 7 heteroatoms. The molecule has 1 unspecified atom stereocenters. The number of hydrogen-bond acceptors (Lipinski definition) is 3. The summed E-state index contributed by atoms with van der Waals surface area (Å²) in [6.45, 7) is 3.67. The molecule has 1 aliphatic heterocycles. The molecule has 1 atom stereocenters. The van der Waals surface area contributed by atoms with Crippen molar-refractivity contribution in [1.82, 2.24) is 0 Å². The topological polar surface area (TPSA) is 27.7 Å². The molecule has 1 aliphatic rings. The maximum absolute atomic E-state index is 14.2. The van der Waals surface area contributed by atoms with Gasteiger partial charge in [-0.15, -0.1) is 0 Å². The number of hydrogen-bond donors (Lipinski definition) is 0. The van der Waals surface area contributed by atoms with E-state index in [-0.39, 0.29) is 11.3 Å². The molecule has 1 aromatic rings. The summed E-state index contributed by atoms with van der Waals surface area (Å²) in [6.07, 6.45) is 0. The number of halogens is 3. The Balaban J connectivity index is 2.56. The Morgan fingerprint density at radius 1 is 1.20 bits per heavy atom. The molecular weight excluding hydrogens is 272 g/mol. The summed E-state index contributed by atoms with van der Waals surface area (Å²) >= 11 is 0. The third-order valence-electron chi connectivity index (χ3n) is 3.68. The van der Waals surface area contributed by atoms with Gasteiger partial charge in [-0.25, -0.2) is 4.39 Å². The van der Waals surface area contributed by atoms with Crippen LogP contribution in [0.2, 0.25) is 6.82 Å². The molecule has 0 aromatic heterocycles. The lowest BCUT2D eigenvalue weighted by atomic mass is 9.80. The number of benzene rings is 1. The second-order valence-electron chi connectivity index (χ2n) is 5.34. The standard InChI is InChI=1S/C13H16BF3O3/c1-12(2)13(3,20-14(4)19-12)10-8(15)6-5-7-9(10)18-11(16)17/h5-7,11H,1-4H3. The Morgan fingerprint density at radius 2 is 1.85 bits per heavy atom. The Kier molecular flexibility index (Phi) is 3.77. The molecule has 0 spiro atoms. The maximum atomic E-state index is 14.2. The van der Waals surface area contributed by atoms with Gasteiger partial charge in [-0.3, -0.25) is 0 Å². The van der Waals surface area contributed by atoms with E-state index in [0.717, 1.165) is 0 Å². The molecule has 0 bridgehead atoms. The van der Waals surface area contributed by atoms with Crippen LogP contribution in [0.5, 0.6) is 5.75 Å². The molecule has 0 radical (unpaired) electrons. The van der Waals surface area contributed by atoms with Crippen LogP contribution in [0.15, 0.2) is 18.2 Å². The lowest BCUT2D eigenvalue weighted by molar-refractivity contribution is -0.0591. The molecule has 1 saturated heterocycles. The summed E-state index contributed by atoms with van der Waals surface area (Å²) in [5, 5.41) is 0. The van der Waals surface area contributed by atoms with E-state index in [0.29, 0.717) is 0 Å². The Hall–Kier alpha value is -1.21. The first-order chi connectivity index (χ1) is 9.17. The number of ether oxygens (including phenoxy) is 1. The van der Waals surface area contributed by atoms with Crippen LogP contribution >= 0.6 is 0 Å². The summed E-state index contributed by atoms with van der Waals surface area (Å²) in [5.74, 6) is -0.912. The highest BCUT2D eigenvalue weighted by Gasteiger charge is 2.55. The molecule has 1 heterocycles. The Morgan fingerprint density at radius 3 is 2.35 bits per heavy atom. The molecule has 0 saturated carbocycles. The van der Waals surface area contributed by atoms with Gasteiger partial charge in [-0.2, -0.15) is 8.78 Å². The first-order valence-corrected chi connectivity index (χ1v) is 6.27. The second kappa shape index (κ2) is 4.97. The zero-order valence-electron chi connectivity index (χ0n) is 11.7. The predicted octanol–water partition coefficient (Wildman–Crippen LogP) is 3.59. The second-order valence-corrected chi connectivity index (χ2v) is 5.34. The van der Waals surface area contributed by atoms with Gasteiger partial charge < -0.3 is 14.0 Å². The first-order valence-electron chi connectivity index (χ1n) is 6.27. The zero-order chi connectivity index (χ0) is 15.1. The van der Waals surface area contributed by atoms with Gasteiger partial charge in [-0.1, -0.05) is 6.07 Å². The maximum Gasteiger partial charge on any atom is 0.454 e. The Bertz CT molecular complexity index is 510. The first kappa shape index (κ1) is 15.2. The summed E-state index contributed by atoms with van der Waals surface area (Å²) in [5.41, 5.74) is -2.19. The van der Waals surface area contributed by atoms with Gasteiger partial charge in [0.25, 0.3) is 0 Å². The van der Waals surface area contributed by atoms with Crippen molar-refractivity contribution in [3.8, 4) is 5.75 Å². The molecule has 1 aromatic carbocycles. The van der Waals surface area contributed by atoms with Crippen molar-refractivity contribution in [2.24, 2.45) is 0 Å². The number of rotatable bonds is 3. The van der Waals surface area contributed by atoms with Crippen LogP contribution in [0.25, 0.3) is 0 Å². The van der Waals surface area contributed by atoms with E-state index in [9.17, 15) is 13.2 Å². The molecule has 0 amide bonds. The van der Waals surface area contributed by atoms with Crippen LogP contribution in [-0.2, 0) is 14.9 Å². The van der Waals surface area contributed by atoms with Gasteiger partial charge in [0.1, 0.15) is 17.2 Å². The van der Waals surface area contributed by atoms with Gasteiger partial charge in [0.15, 0.2) is 0 Å².